The SMILES string of the molecule is CSC1CCCCC1Nc1ccc(C(=O)O)c(F)c1. The van der Waals surface area contributed by atoms with Gasteiger partial charge in [0.2, 0.25) is 0 Å². The van der Waals surface area contributed by atoms with Crippen molar-refractivity contribution in [3.8, 4) is 0 Å². The highest BCUT2D eigenvalue weighted by molar-refractivity contribution is 7.99. The van der Waals surface area contributed by atoms with Crippen molar-refractivity contribution in [3.63, 3.8) is 0 Å². The van der Waals surface area contributed by atoms with Gasteiger partial charge in [-0.3, -0.25) is 0 Å². The summed E-state index contributed by atoms with van der Waals surface area (Å²) in [5, 5.41) is 12.7. The highest BCUT2D eigenvalue weighted by Gasteiger charge is 2.24. The van der Waals surface area contributed by atoms with E-state index in [9.17, 15) is 9.18 Å². The van der Waals surface area contributed by atoms with Crippen LogP contribution < -0.4 is 5.32 Å². The molecule has 1 aliphatic rings. The third kappa shape index (κ3) is 3.41. The van der Waals surface area contributed by atoms with E-state index in [1.807, 2.05) is 11.8 Å². The molecule has 2 atom stereocenters. The number of carbonyl (C=O) groups is 1. The Balaban J connectivity index is 2.10. The molecule has 0 amide bonds. The number of hydrogen-bond donors (Lipinski definition) is 2. The predicted octanol–water partition coefficient (Wildman–Crippen LogP) is 3.61. The molecule has 0 radical (unpaired) electrons. The maximum Gasteiger partial charge on any atom is 0.338 e. The monoisotopic (exact) mass is 283 g/mol. The molecule has 0 saturated heterocycles. The number of anilines is 1. The van der Waals surface area contributed by atoms with E-state index in [2.05, 4.69) is 11.6 Å². The molecular weight excluding hydrogens is 265 g/mol. The van der Waals surface area contributed by atoms with E-state index in [4.69, 9.17) is 5.11 Å². The van der Waals surface area contributed by atoms with Gasteiger partial charge >= 0.3 is 5.97 Å². The van der Waals surface area contributed by atoms with E-state index in [0.717, 1.165) is 6.42 Å². The van der Waals surface area contributed by atoms with Gasteiger partial charge in [0.15, 0.2) is 0 Å². The Morgan fingerprint density at radius 1 is 1.42 bits per heavy atom. The zero-order chi connectivity index (χ0) is 13.8. The molecule has 2 rings (SSSR count). The average Bonchev–Trinajstić information content (AvgIpc) is 2.39. The Hall–Kier alpha value is -1.23. The summed E-state index contributed by atoms with van der Waals surface area (Å²) >= 11 is 1.83. The molecule has 1 aliphatic carbocycles. The van der Waals surface area contributed by atoms with E-state index >= 15 is 0 Å². The molecule has 0 aliphatic heterocycles. The fraction of sp³-hybridized carbons (Fsp3) is 0.500. The molecule has 19 heavy (non-hydrogen) atoms. The summed E-state index contributed by atoms with van der Waals surface area (Å²) in [6, 6.07) is 4.56. The summed E-state index contributed by atoms with van der Waals surface area (Å²) in [5.41, 5.74) is 0.379. The summed E-state index contributed by atoms with van der Waals surface area (Å²) in [6.45, 7) is 0. The summed E-state index contributed by atoms with van der Waals surface area (Å²) in [4.78, 5) is 10.8. The van der Waals surface area contributed by atoms with Crippen LogP contribution >= 0.6 is 11.8 Å². The maximum atomic E-state index is 13.6. The van der Waals surface area contributed by atoms with Crippen LogP contribution in [0.3, 0.4) is 0 Å². The molecule has 1 aromatic carbocycles. The Morgan fingerprint density at radius 2 is 2.16 bits per heavy atom. The minimum absolute atomic E-state index is 0.282. The first-order valence-corrected chi connectivity index (χ1v) is 7.73. The molecule has 2 N–H and O–H groups in total. The number of thioether (sulfide) groups is 1. The lowest BCUT2D eigenvalue weighted by molar-refractivity contribution is 0.0692. The van der Waals surface area contributed by atoms with Crippen LogP contribution in [-0.4, -0.2) is 28.6 Å². The third-order valence-corrected chi connectivity index (χ3v) is 4.73. The zero-order valence-electron chi connectivity index (χ0n) is 10.9. The molecule has 1 fully saturated rings. The van der Waals surface area contributed by atoms with Gasteiger partial charge in [0, 0.05) is 17.0 Å². The first-order chi connectivity index (χ1) is 9.11. The van der Waals surface area contributed by atoms with Gasteiger partial charge in [0.05, 0.1) is 5.56 Å². The van der Waals surface area contributed by atoms with Crippen LogP contribution in [0.25, 0.3) is 0 Å². The topological polar surface area (TPSA) is 49.3 Å². The maximum absolute atomic E-state index is 13.6. The Bertz CT molecular complexity index is 467. The highest BCUT2D eigenvalue weighted by atomic mass is 32.2. The van der Waals surface area contributed by atoms with Gasteiger partial charge in [0.1, 0.15) is 5.82 Å². The van der Waals surface area contributed by atoms with Gasteiger partial charge in [0.25, 0.3) is 0 Å². The zero-order valence-corrected chi connectivity index (χ0v) is 11.7. The van der Waals surface area contributed by atoms with Gasteiger partial charge in [-0.05, 0) is 37.3 Å². The van der Waals surface area contributed by atoms with Crippen LogP contribution in [0.1, 0.15) is 36.0 Å². The predicted molar refractivity (Wildman–Crippen MR) is 76.5 cm³/mol. The summed E-state index contributed by atoms with van der Waals surface area (Å²) in [5.74, 6) is -1.92. The number of carboxylic acid groups (broad SMARTS) is 1. The lowest BCUT2D eigenvalue weighted by Crippen LogP contribution is -2.34. The quantitative estimate of drug-likeness (QED) is 0.886. The molecule has 5 heteroatoms. The van der Waals surface area contributed by atoms with E-state index in [1.165, 1.54) is 31.4 Å². The van der Waals surface area contributed by atoms with Crippen molar-refractivity contribution < 1.29 is 14.3 Å². The van der Waals surface area contributed by atoms with Crippen molar-refractivity contribution in [2.75, 3.05) is 11.6 Å². The Morgan fingerprint density at radius 3 is 2.79 bits per heavy atom. The molecule has 1 aromatic rings. The lowest BCUT2D eigenvalue weighted by Gasteiger charge is -2.31. The number of carboxylic acids is 1. The molecule has 0 aromatic heterocycles. The second kappa shape index (κ2) is 6.28. The average molecular weight is 283 g/mol. The summed E-state index contributed by atoms with van der Waals surface area (Å²) < 4.78 is 13.6. The number of nitrogens with one attached hydrogen (secondary N) is 1. The molecule has 0 bridgehead atoms. The molecule has 2 unspecified atom stereocenters. The fourth-order valence-corrected chi connectivity index (χ4v) is 3.47. The van der Waals surface area contributed by atoms with Crippen molar-refractivity contribution in [1.29, 1.82) is 0 Å². The number of benzene rings is 1. The van der Waals surface area contributed by atoms with Crippen molar-refractivity contribution in [1.82, 2.24) is 0 Å². The van der Waals surface area contributed by atoms with Gasteiger partial charge in [-0.25, -0.2) is 9.18 Å². The third-order valence-electron chi connectivity index (χ3n) is 3.56. The highest BCUT2D eigenvalue weighted by Crippen LogP contribution is 2.29. The van der Waals surface area contributed by atoms with Crippen LogP contribution in [0.5, 0.6) is 0 Å². The molecule has 3 nitrogen and oxygen atoms in total. The Kier molecular flexibility index (Phi) is 4.69. The van der Waals surface area contributed by atoms with Crippen LogP contribution in [-0.2, 0) is 0 Å². The molecule has 1 saturated carbocycles. The minimum atomic E-state index is -1.23. The minimum Gasteiger partial charge on any atom is -0.478 e. The number of rotatable bonds is 4. The largest absolute Gasteiger partial charge is 0.478 e. The molecule has 0 heterocycles. The number of aromatic carboxylic acids is 1. The fourth-order valence-electron chi connectivity index (χ4n) is 2.54. The van der Waals surface area contributed by atoms with E-state index in [1.54, 1.807) is 6.07 Å². The van der Waals surface area contributed by atoms with Crippen molar-refractivity contribution in [3.05, 3.63) is 29.6 Å². The first-order valence-electron chi connectivity index (χ1n) is 6.44. The standard InChI is InChI=1S/C14H18FNO2S/c1-19-13-5-3-2-4-12(13)16-9-6-7-10(14(17)18)11(15)8-9/h6-8,12-13,16H,2-5H2,1H3,(H,17,18). The Labute approximate surface area is 116 Å². The lowest BCUT2D eigenvalue weighted by atomic mass is 9.94. The molecule has 104 valence electrons. The van der Waals surface area contributed by atoms with Gasteiger partial charge in [-0.2, -0.15) is 11.8 Å². The van der Waals surface area contributed by atoms with Crippen LogP contribution in [0.15, 0.2) is 18.2 Å². The molecular formula is C14H18FNO2S. The summed E-state index contributed by atoms with van der Waals surface area (Å²) in [7, 11) is 0. The number of hydrogen-bond acceptors (Lipinski definition) is 3. The van der Waals surface area contributed by atoms with Crippen molar-refractivity contribution in [2.45, 2.75) is 37.0 Å². The first kappa shape index (κ1) is 14.2. The van der Waals surface area contributed by atoms with Gasteiger partial charge in [-0.15, -0.1) is 0 Å². The van der Waals surface area contributed by atoms with E-state index in [-0.39, 0.29) is 5.56 Å². The smallest absolute Gasteiger partial charge is 0.338 e. The van der Waals surface area contributed by atoms with Gasteiger partial charge < -0.3 is 10.4 Å². The van der Waals surface area contributed by atoms with Gasteiger partial charge in [-0.1, -0.05) is 12.8 Å². The van der Waals surface area contributed by atoms with Crippen molar-refractivity contribution in [2.24, 2.45) is 0 Å². The van der Waals surface area contributed by atoms with Crippen LogP contribution in [0.4, 0.5) is 10.1 Å². The number of halogens is 1. The van der Waals surface area contributed by atoms with Crippen LogP contribution in [0.2, 0.25) is 0 Å². The van der Waals surface area contributed by atoms with Crippen LogP contribution in [0, 0.1) is 5.82 Å². The van der Waals surface area contributed by atoms with E-state index < -0.39 is 11.8 Å². The second-order valence-electron chi connectivity index (χ2n) is 4.81. The second-order valence-corrected chi connectivity index (χ2v) is 5.89. The normalized spacial score (nSPS) is 23.1. The van der Waals surface area contributed by atoms with Crippen molar-refractivity contribution >= 4 is 23.4 Å². The summed E-state index contributed by atoms with van der Waals surface area (Å²) in [6.07, 6.45) is 6.78. The van der Waals surface area contributed by atoms with E-state index in [0.29, 0.717) is 17.0 Å². The molecule has 0 spiro atoms.